The lowest BCUT2D eigenvalue weighted by molar-refractivity contribution is -0.136. The molecule has 1 aromatic rings. The maximum atomic E-state index is 12.6. The number of carboxylic acids is 1. The molecule has 2 unspecified atom stereocenters. The van der Waals surface area contributed by atoms with Gasteiger partial charge in [0.1, 0.15) is 0 Å². The zero-order valence-corrected chi connectivity index (χ0v) is 12.4. The normalized spacial score (nSPS) is 21.2. The van der Waals surface area contributed by atoms with Crippen LogP contribution in [-0.2, 0) is 14.3 Å². The molecule has 0 spiro atoms. The van der Waals surface area contributed by atoms with Crippen LogP contribution in [0.2, 0.25) is 0 Å². The third-order valence-corrected chi connectivity index (χ3v) is 3.71. The first kappa shape index (κ1) is 15.5. The highest BCUT2D eigenvalue weighted by Crippen LogP contribution is 2.25. The summed E-state index contributed by atoms with van der Waals surface area (Å²) in [6.07, 6.45) is 0.704. The van der Waals surface area contributed by atoms with Crippen LogP contribution in [0, 0.1) is 12.8 Å². The van der Waals surface area contributed by atoms with Crippen LogP contribution < -0.4 is 4.90 Å². The summed E-state index contributed by atoms with van der Waals surface area (Å²) in [6.45, 7) is 4.51. The molecule has 2 rings (SSSR count). The SMILES string of the molecule is Cc1ccc(N(CCC(=O)O)C(=O)C2COC(C)C2)cc1. The van der Waals surface area contributed by atoms with Crippen molar-refractivity contribution in [1.82, 2.24) is 0 Å². The van der Waals surface area contributed by atoms with Crippen LogP contribution in [-0.4, -0.2) is 36.2 Å². The fourth-order valence-corrected chi connectivity index (χ4v) is 2.51. The van der Waals surface area contributed by atoms with E-state index in [0.29, 0.717) is 13.0 Å². The molecule has 1 amide bonds. The first-order valence-electron chi connectivity index (χ1n) is 7.19. The molecule has 0 bridgehead atoms. The van der Waals surface area contributed by atoms with Crippen molar-refractivity contribution in [2.24, 2.45) is 5.92 Å². The van der Waals surface area contributed by atoms with Gasteiger partial charge in [0.2, 0.25) is 5.91 Å². The number of anilines is 1. The second kappa shape index (κ2) is 6.72. The maximum Gasteiger partial charge on any atom is 0.305 e. The van der Waals surface area contributed by atoms with E-state index in [1.165, 1.54) is 0 Å². The van der Waals surface area contributed by atoms with Gasteiger partial charge in [-0.05, 0) is 32.4 Å². The molecule has 1 aromatic carbocycles. The summed E-state index contributed by atoms with van der Waals surface area (Å²) in [5, 5.41) is 8.88. The van der Waals surface area contributed by atoms with Gasteiger partial charge in [0.15, 0.2) is 0 Å². The average molecular weight is 291 g/mol. The minimum atomic E-state index is -0.907. The van der Waals surface area contributed by atoms with Crippen LogP contribution in [0.25, 0.3) is 0 Å². The highest BCUT2D eigenvalue weighted by molar-refractivity contribution is 5.95. The summed E-state index contributed by atoms with van der Waals surface area (Å²) < 4.78 is 5.45. The zero-order valence-electron chi connectivity index (χ0n) is 12.4. The Labute approximate surface area is 124 Å². The molecule has 21 heavy (non-hydrogen) atoms. The lowest BCUT2D eigenvalue weighted by atomic mass is 10.0. The molecule has 0 aliphatic carbocycles. The van der Waals surface area contributed by atoms with Gasteiger partial charge in [-0.15, -0.1) is 0 Å². The molecular weight excluding hydrogens is 270 g/mol. The van der Waals surface area contributed by atoms with E-state index in [2.05, 4.69) is 0 Å². The molecule has 1 saturated heterocycles. The lowest BCUT2D eigenvalue weighted by Gasteiger charge is -2.25. The van der Waals surface area contributed by atoms with Crippen molar-refractivity contribution in [1.29, 1.82) is 0 Å². The van der Waals surface area contributed by atoms with Crippen molar-refractivity contribution in [3.8, 4) is 0 Å². The van der Waals surface area contributed by atoms with Crippen LogP contribution in [0.15, 0.2) is 24.3 Å². The number of aliphatic carboxylic acids is 1. The first-order valence-corrected chi connectivity index (χ1v) is 7.19. The summed E-state index contributed by atoms with van der Waals surface area (Å²) in [5.41, 5.74) is 1.84. The van der Waals surface area contributed by atoms with E-state index < -0.39 is 5.97 Å². The van der Waals surface area contributed by atoms with Crippen molar-refractivity contribution in [3.05, 3.63) is 29.8 Å². The highest BCUT2D eigenvalue weighted by Gasteiger charge is 2.32. The topological polar surface area (TPSA) is 66.8 Å². The van der Waals surface area contributed by atoms with Gasteiger partial charge < -0.3 is 14.7 Å². The molecule has 5 heteroatoms. The first-order chi connectivity index (χ1) is 9.97. The molecule has 0 aromatic heterocycles. The number of carbonyl (C=O) groups is 2. The molecule has 0 radical (unpaired) electrons. The highest BCUT2D eigenvalue weighted by atomic mass is 16.5. The number of benzene rings is 1. The fourth-order valence-electron chi connectivity index (χ4n) is 2.51. The van der Waals surface area contributed by atoms with Gasteiger partial charge in [-0.1, -0.05) is 17.7 Å². The van der Waals surface area contributed by atoms with Gasteiger partial charge in [-0.2, -0.15) is 0 Å². The van der Waals surface area contributed by atoms with Gasteiger partial charge in [0.25, 0.3) is 0 Å². The van der Waals surface area contributed by atoms with E-state index in [9.17, 15) is 9.59 Å². The Kier molecular flexibility index (Phi) is 4.96. The van der Waals surface area contributed by atoms with Gasteiger partial charge in [-0.3, -0.25) is 9.59 Å². The Balaban J connectivity index is 2.16. The van der Waals surface area contributed by atoms with E-state index in [4.69, 9.17) is 9.84 Å². The Morgan fingerprint density at radius 1 is 1.33 bits per heavy atom. The van der Waals surface area contributed by atoms with E-state index in [-0.39, 0.29) is 30.9 Å². The van der Waals surface area contributed by atoms with Crippen LogP contribution in [0.1, 0.15) is 25.3 Å². The molecule has 2 atom stereocenters. The standard InChI is InChI=1S/C16H21NO4/c1-11-3-5-14(6-4-11)17(8-7-15(18)19)16(20)13-9-12(2)21-10-13/h3-6,12-13H,7-10H2,1-2H3,(H,18,19). The average Bonchev–Trinajstić information content (AvgIpc) is 2.87. The number of ether oxygens (including phenoxy) is 1. The van der Waals surface area contributed by atoms with Crippen LogP contribution in [0.4, 0.5) is 5.69 Å². The van der Waals surface area contributed by atoms with Crippen molar-refractivity contribution in [2.45, 2.75) is 32.8 Å². The molecule has 0 saturated carbocycles. The van der Waals surface area contributed by atoms with Gasteiger partial charge in [-0.25, -0.2) is 0 Å². The maximum absolute atomic E-state index is 12.6. The number of nitrogens with zero attached hydrogens (tertiary/aromatic N) is 1. The Bertz CT molecular complexity index is 512. The number of aryl methyl sites for hydroxylation is 1. The fraction of sp³-hybridized carbons (Fsp3) is 0.500. The predicted molar refractivity (Wildman–Crippen MR) is 79.3 cm³/mol. The largest absolute Gasteiger partial charge is 0.481 e. The third-order valence-electron chi connectivity index (χ3n) is 3.71. The number of carbonyl (C=O) groups excluding carboxylic acids is 1. The summed E-state index contributed by atoms with van der Waals surface area (Å²) in [4.78, 5) is 25.0. The van der Waals surface area contributed by atoms with Crippen LogP contribution in [0.5, 0.6) is 0 Å². The van der Waals surface area contributed by atoms with E-state index in [1.807, 2.05) is 38.1 Å². The number of rotatable bonds is 5. The number of amides is 1. The van der Waals surface area contributed by atoms with E-state index in [0.717, 1.165) is 11.3 Å². The van der Waals surface area contributed by atoms with Crippen LogP contribution >= 0.6 is 0 Å². The monoisotopic (exact) mass is 291 g/mol. The summed E-state index contributed by atoms with van der Waals surface area (Å²) in [5.74, 6) is -1.14. The van der Waals surface area contributed by atoms with Gasteiger partial charge in [0, 0.05) is 12.2 Å². The zero-order chi connectivity index (χ0) is 15.4. The summed E-state index contributed by atoms with van der Waals surface area (Å²) >= 11 is 0. The third kappa shape index (κ3) is 4.04. The Morgan fingerprint density at radius 2 is 2.00 bits per heavy atom. The molecular formula is C16H21NO4. The van der Waals surface area contributed by atoms with E-state index in [1.54, 1.807) is 4.90 Å². The van der Waals surface area contributed by atoms with Crippen LogP contribution in [0.3, 0.4) is 0 Å². The predicted octanol–water partition coefficient (Wildman–Crippen LogP) is 2.23. The van der Waals surface area contributed by atoms with Gasteiger partial charge >= 0.3 is 5.97 Å². The van der Waals surface area contributed by atoms with Crippen molar-refractivity contribution >= 4 is 17.6 Å². The number of hydrogen-bond donors (Lipinski definition) is 1. The lowest BCUT2D eigenvalue weighted by Crippen LogP contribution is -2.38. The number of carboxylic acid groups (broad SMARTS) is 1. The minimum Gasteiger partial charge on any atom is -0.481 e. The molecule has 114 valence electrons. The smallest absolute Gasteiger partial charge is 0.305 e. The molecule has 1 aliphatic rings. The molecule has 1 fully saturated rings. The van der Waals surface area contributed by atoms with Crippen molar-refractivity contribution in [2.75, 3.05) is 18.1 Å². The Morgan fingerprint density at radius 3 is 2.52 bits per heavy atom. The van der Waals surface area contributed by atoms with Crippen molar-refractivity contribution in [3.63, 3.8) is 0 Å². The molecule has 5 nitrogen and oxygen atoms in total. The second-order valence-corrected chi connectivity index (χ2v) is 5.55. The quantitative estimate of drug-likeness (QED) is 0.903. The van der Waals surface area contributed by atoms with E-state index >= 15 is 0 Å². The summed E-state index contributed by atoms with van der Waals surface area (Å²) in [6, 6.07) is 7.55. The van der Waals surface area contributed by atoms with Gasteiger partial charge in [0.05, 0.1) is 25.0 Å². The number of hydrogen-bond acceptors (Lipinski definition) is 3. The molecule has 1 N–H and O–H groups in total. The molecule has 1 aliphatic heterocycles. The molecule has 1 heterocycles. The Hall–Kier alpha value is -1.88. The minimum absolute atomic E-state index is 0.0514. The van der Waals surface area contributed by atoms with Crippen molar-refractivity contribution < 1.29 is 19.4 Å². The summed E-state index contributed by atoms with van der Waals surface area (Å²) in [7, 11) is 0. The second-order valence-electron chi connectivity index (χ2n) is 5.55.